The number of methoxy groups -OCH3 is 1. The Morgan fingerprint density at radius 1 is 1.18 bits per heavy atom. The topological polar surface area (TPSA) is 129 Å². The van der Waals surface area contributed by atoms with Gasteiger partial charge in [0, 0.05) is 57.7 Å². The molecule has 0 saturated carbocycles. The van der Waals surface area contributed by atoms with Crippen molar-refractivity contribution in [3.8, 4) is 17.2 Å². The molecule has 0 bridgehead atoms. The van der Waals surface area contributed by atoms with E-state index in [1.54, 1.807) is 11.0 Å². The van der Waals surface area contributed by atoms with Gasteiger partial charge in [-0.15, -0.1) is 0 Å². The number of likely N-dealkylation sites (tertiary alicyclic amines) is 2. The van der Waals surface area contributed by atoms with Crippen LogP contribution >= 0.6 is 0 Å². The zero-order valence-electron chi connectivity index (χ0n) is 23.7. The number of amides is 2. The Morgan fingerprint density at radius 3 is 2.67 bits per heavy atom. The Kier molecular flexibility index (Phi) is 10.5. The molecule has 2 N–H and O–H groups in total. The number of piperidine rings is 1. The summed E-state index contributed by atoms with van der Waals surface area (Å²) in [5.74, 6) is -0.628. The number of nitrogens with zero attached hydrogens (tertiary/aromatic N) is 3. The quantitative estimate of drug-likeness (QED) is 0.352. The normalized spacial score (nSPS) is 22.5. The first-order valence-corrected chi connectivity index (χ1v) is 14.5. The molecule has 2 saturated heterocycles. The zero-order valence-corrected chi connectivity index (χ0v) is 23.7. The van der Waals surface area contributed by atoms with E-state index in [1.807, 2.05) is 15.9 Å². The number of carboxylic acid groups (broad SMARTS) is 1. The van der Waals surface area contributed by atoms with Crippen molar-refractivity contribution in [3.05, 3.63) is 17.7 Å². The first kappa shape index (κ1) is 29.9. The largest absolute Gasteiger partial charge is 0.493 e. The molecule has 2 amide bonds. The van der Waals surface area contributed by atoms with Crippen LogP contribution in [0.4, 0.5) is 0 Å². The molecule has 222 valence electrons. The minimum Gasteiger partial charge on any atom is -0.493 e. The van der Waals surface area contributed by atoms with E-state index in [1.165, 1.54) is 7.11 Å². The van der Waals surface area contributed by atoms with Gasteiger partial charge in [0.1, 0.15) is 0 Å². The second-order valence-electron chi connectivity index (χ2n) is 10.9. The molecule has 2 fully saturated rings. The van der Waals surface area contributed by atoms with Gasteiger partial charge in [-0.1, -0.05) is 13.3 Å². The van der Waals surface area contributed by atoms with E-state index in [0.29, 0.717) is 69.2 Å². The van der Waals surface area contributed by atoms with Crippen molar-refractivity contribution in [1.82, 2.24) is 14.7 Å². The van der Waals surface area contributed by atoms with Gasteiger partial charge in [-0.2, -0.15) is 0 Å². The SMILES string of the molecule is CCCCN(CCCO)C(=O)CN1C[C@H](c2cc(OC)c3c(c2)OCO3)[C@@H](C(=O)O)[C@@H]1CCN1CCCCC1=O. The minimum absolute atomic E-state index is 0.00121. The highest BCUT2D eigenvalue weighted by Gasteiger charge is 2.48. The third-order valence-corrected chi connectivity index (χ3v) is 8.32. The van der Waals surface area contributed by atoms with Crippen molar-refractivity contribution in [2.24, 2.45) is 5.92 Å². The van der Waals surface area contributed by atoms with Crippen LogP contribution in [-0.4, -0.2) is 109 Å². The first-order chi connectivity index (χ1) is 19.4. The smallest absolute Gasteiger partial charge is 0.308 e. The summed E-state index contributed by atoms with van der Waals surface area (Å²) in [6.07, 6.45) is 5.09. The summed E-state index contributed by atoms with van der Waals surface area (Å²) >= 11 is 0. The van der Waals surface area contributed by atoms with Gasteiger partial charge in [-0.3, -0.25) is 19.3 Å². The summed E-state index contributed by atoms with van der Waals surface area (Å²) in [7, 11) is 1.53. The lowest BCUT2D eigenvalue weighted by molar-refractivity contribution is -0.144. The Bertz CT molecular complexity index is 1040. The number of carbonyl (C=O) groups is 3. The molecule has 0 unspecified atom stereocenters. The fourth-order valence-corrected chi connectivity index (χ4v) is 6.19. The highest BCUT2D eigenvalue weighted by Crippen LogP contribution is 2.47. The molecule has 3 atom stereocenters. The summed E-state index contributed by atoms with van der Waals surface area (Å²) in [5, 5.41) is 19.9. The lowest BCUT2D eigenvalue weighted by Crippen LogP contribution is -2.46. The predicted octanol–water partition coefficient (Wildman–Crippen LogP) is 2.31. The molecule has 3 aliphatic heterocycles. The molecule has 3 aliphatic rings. The van der Waals surface area contributed by atoms with Crippen molar-refractivity contribution in [2.45, 2.75) is 63.8 Å². The van der Waals surface area contributed by atoms with Gasteiger partial charge in [0.15, 0.2) is 11.5 Å². The third-order valence-electron chi connectivity index (χ3n) is 8.32. The summed E-state index contributed by atoms with van der Waals surface area (Å²) < 4.78 is 16.7. The maximum absolute atomic E-state index is 13.5. The Morgan fingerprint density at radius 2 is 1.98 bits per heavy atom. The monoisotopic (exact) mass is 561 g/mol. The maximum atomic E-state index is 13.5. The van der Waals surface area contributed by atoms with Gasteiger partial charge >= 0.3 is 5.97 Å². The molecule has 0 spiro atoms. The Hall–Kier alpha value is -3.05. The van der Waals surface area contributed by atoms with Gasteiger partial charge < -0.3 is 34.2 Å². The second kappa shape index (κ2) is 14.0. The van der Waals surface area contributed by atoms with E-state index in [4.69, 9.17) is 14.2 Å². The zero-order chi connectivity index (χ0) is 28.6. The molecule has 4 rings (SSSR count). The van der Waals surface area contributed by atoms with Crippen LogP contribution in [-0.2, 0) is 14.4 Å². The Labute approximate surface area is 236 Å². The van der Waals surface area contributed by atoms with Gasteiger partial charge in [0.25, 0.3) is 0 Å². The number of ether oxygens (including phenoxy) is 3. The molecule has 11 heteroatoms. The van der Waals surface area contributed by atoms with Crippen LogP contribution in [0.15, 0.2) is 12.1 Å². The van der Waals surface area contributed by atoms with Crippen molar-refractivity contribution < 1.29 is 38.8 Å². The van der Waals surface area contributed by atoms with Crippen LogP contribution in [0.1, 0.15) is 63.4 Å². The van der Waals surface area contributed by atoms with Crippen molar-refractivity contribution in [1.29, 1.82) is 0 Å². The minimum atomic E-state index is -0.935. The molecule has 1 aromatic rings. The predicted molar refractivity (Wildman–Crippen MR) is 147 cm³/mol. The maximum Gasteiger partial charge on any atom is 0.308 e. The van der Waals surface area contributed by atoms with Gasteiger partial charge in [-0.25, -0.2) is 0 Å². The number of hydrogen-bond donors (Lipinski definition) is 2. The number of carboxylic acids is 1. The van der Waals surface area contributed by atoms with Crippen molar-refractivity contribution >= 4 is 17.8 Å². The number of carbonyl (C=O) groups excluding carboxylic acids is 2. The highest BCUT2D eigenvalue weighted by molar-refractivity contribution is 5.79. The third kappa shape index (κ3) is 6.80. The summed E-state index contributed by atoms with van der Waals surface area (Å²) in [6.45, 7) is 4.77. The highest BCUT2D eigenvalue weighted by atomic mass is 16.7. The van der Waals surface area contributed by atoms with E-state index < -0.39 is 23.8 Å². The van der Waals surface area contributed by atoms with Crippen LogP contribution in [0, 0.1) is 5.92 Å². The van der Waals surface area contributed by atoms with Gasteiger partial charge in [0.2, 0.25) is 24.4 Å². The van der Waals surface area contributed by atoms with Crippen molar-refractivity contribution in [3.63, 3.8) is 0 Å². The number of hydrogen-bond acceptors (Lipinski definition) is 8. The molecule has 0 aliphatic carbocycles. The second-order valence-corrected chi connectivity index (χ2v) is 10.9. The standard InChI is InChI=1S/C29H43N3O8/c1-3-4-10-30(12-7-14-33)26(35)18-32-17-21(20-15-23(38-2)28-24(16-20)39-19-40-28)27(29(36)37)22(32)9-13-31-11-6-5-8-25(31)34/h15-16,21-22,27,33H,3-14,17-19H2,1-2H3,(H,36,37)/t21-,22+,27-/m1/s1. The first-order valence-electron chi connectivity index (χ1n) is 14.5. The molecule has 0 radical (unpaired) electrons. The number of benzene rings is 1. The van der Waals surface area contributed by atoms with Crippen molar-refractivity contribution in [2.75, 3.05) is 59.8 Å². The Balaban J connectivity index is 1.62. The van der Waals surface area contributed by atoms with Crippen LogP contribution in [0.25, 0.3) is 0 Å². The molecular weight excluding hydrogens is 518 g/mol. The van der Waals surface area contributed by atoms with Crippen LogP contribution in [0.3, 0.4) is 0 Å². The van der Waals surface area contributed by atoms with Crippen LogP contribution < -0.4 is 14.2 Å². The van der Waals surface area contributed by atoms with E-state index in [9.17, 15) is 24.6 Å². The lowest BCUT2D eigenvalue weighted by atomic mass is 9.84. The number of fused-ring (bicyclic) bond motifs is 1. The molecule has 40 heavy (non-hydrogen) atoms. The number of aliphatic carboxylic acids is 1. The van der Waals surface area contributed by atoms with Gasteiger partial charge in [-0.05, 0) is 49.8 Å². The van der Waals surface area contributed by atoms with Crippen LogP contribution in [0.2, 0.25) is 0 Å². The fourth-order valence-electron chi connectivity index (χ4n) is 6.19. The number of aliphatic hydroxyl groups excluding tert-OH is 1. The molecule has 3 heterocycles. The molecule has 0 aromatic heterocycles. The average molecular weight is 562 g/mol. The summed E-state index contributed by atoms with van der Waals surface area (Å²) in [6, 6.07) is 3.18. The van der Waals surface area contributed by atoms with E-state index in [-0.39, 0.29) is 31.8 Å². The summed E-state index contributed by atoms with van der Waals surface area (Å²) in [5.41, 5.74) is 0.755. The molecule has 11 nitrogen and oxygen atoms in total. The average Bonchev–Trinajstić information content (AvgIpc) is 3.57. The number of rotatable bonds is 14. The van der Waals surface area contributed by atoms with E-state index in [2.05, 4.69) is 6.92 Å². The summed E-state index contributed by atoms with van der Waals surface area (Å²) in [4.78, 5) is 44.4. The van der Waals surface area contributed by atoms with Gasteiger partial charge in [0.05, 0.1) is 19.6 Å². The fraction of sp³-hybridized carbons (Fsp3) is 0.690. The molecular formula is C29H43N3O8. The van der Waals surface area contributed by atoms with E-state index >= 15 is 0 Å². The number of unbranched alkanes of at least 4 members (excludes halogenated alkanes) is 1. The lowest BCUT2D eigenvalue weighted by Gasteiger charge is -2.32. The molecule has 1 aromatic carbocycles. The van der Waals surface area contributed by atoms with Crippen LogP contribution in [0.5, 0.6) is 17.2 Å². The number of aliphatic hydroxyl groups is 1. The van der Waals surface area contributed by atoms with E-state index in [0.717, 1.165) is 31.2 Å².